The van der Waals surface area contributed by atoms with Gasteiger partial charge in [0.05, 0.1) is 18.2 Å². The SMILES string of the molecule is COC(=O)c1sc2ncnc(Nc3ccc(F)cc3OC(C)C(=O)NCCNC(=O)OC(C)(C)C)c2c1C. The Kier molecular flexibility index (Phi) is 9.04. The van der Waals surface area contributed by atoms with Gasteiger partial charge in [0.15, 0.2) is 6.10 Å². The van der Waals surface area contributed by atoms with Gasteiger partial charge in [0.2, 0.25) is 0 Å². The maximum absolute atomic E-state index is 14.1. The van der Waals surface area contributed by atoms with Gasteiger partial charge in [-0.15, -0.1) is 11.3 Å². The highest BCUT2D eigenvalue weighted by Gasteiger charge is 2.22. The summed E-state index contributed by atoms with van der Waals surface area (Å²) in [7, 11) is 1.30. The Morgan fingerprint density at radius 1 is 1.13 bits per heavy atom. The van der Waals surface area contributed by atoms with E-state index in [2.05, 4.69) is 25.9 Å². The van der Waals surface area contributed by atoms with Gasteiger partial charge in [-0.1, -0.05) is 0 Å². The zero-order valence-electron chi connectivity index (χ0n) is 21.9. The molecule has 0 saturated carbocycles. The van der Waals surface area contributed by atoms with E-state index in [1.165, 1.54) is 43.8 Å². The van der Waals surface area contributed by atoms with E-state index in [0.29, 0.717) is 32.2 Å². The molecule has 13 heteroatoms. The molecule has 0 aliphatic rings. The van der Waals surface area contributed by atoms with E-state index in [1.807, 2.05) is 0 Å². The Morgan fingerprint density at radius 2 is 1.84 bits per heavy atom. The number of nitrogens with one attached hydrogen (secondary N) is 3. The van der Waals surface area contributed by atoms with Crippen molar-refractivity contribution in [3.8, 4) is 5.75 Å². The number of carbonyl (C=O) groups excluding carboxylic acids is 3. The number of methoxy groups -OCH3 is 1. The zero-order valence-corrected chi connectivity index (χ0v) is 22.7. The van der Waals surface area contributed by atoms with Gasteiger partial charge in [-0.2, -0.15) is 0 Å². The summed E-state index contributed by atoms with van der Waals surface area (Å²) >= 11 is 1.17. The van der Waals surface area contributed by atoms with E-state index >= 15 is 0 Å². The lowest BCUT2D eigenvalue weighted by atomic mass is 10.2. The van der Waals surface area contributed by atoms with Crippen LogP contribution in [0.2, 0.25) is 0 Å². The summed E-state index contributed by atoms with van der Waals surface area (Å²) in [5, 5.41) is 8.89. The van der Waals surface area contributed by atoms with Gasteiger partial charge in [-0.25, -0.2) is 23.9 Å². The number of aromatic nitrogens is 2. The number of anilines is 2. The second-order valence-electron chi connectivity index (χ2n) is 9.20. The fourth-order valence-corrected chi connectivity index (χ4v) is 4.40. The molecule has 2 heterocycles. The summed E-state index contributed by atoms with van der Waals surface area (Å²) in [6, 6.07) is 3.84. The number of ether oxygens (including phenoxy) is 3. The number of fused-ring (bicyclic) bond motifs is 1. The van der Waals surface area contributed by atoms with Crippen molar-refractivity contribution in [2.24, 2.45) is 0 Å². The summed E-state index contributed by atoms with van der Waals surface area (Å²) < 4.78 is 29.8. The predicted octanol–water partition coefficient (Wildman–Crippen LogP) is 4.08. The first kappa shape index (κ1) is 28.6. The Bertz CT molecular complexity index is 1340. The molecule has 1 unspecified atom stereocenters. The van der Waals surface area contributed by atoms with Crippen LogP contribution in [-0.4, -0.2) is 59.8 Å². The van der Waals surface area contributed by atoms with Crippen molar-refractivity contribution in [3.63, 3.8) is 0 Å². The number of hydrogen-bond acceptors (Lipinski definition) is 10. The van der Waals surface area contributed by atoms with Gasteiger partial charge in [0, 0.05) is 19.2 Å². The Balaban J connectivity index is 1.70. The number of nitrogens with zero attached hydrogens (tertiary/aromatic N) is 2. The maximum atomic E-state index is 14.1. The Hall–Kier alpha value is -4.00. The second kappa shape index (κ2) is 12.0. The average molecular weight is 548 g/mol. The van der Waals surface area contributed by atoms with Crippen LogP contribution in [0.3, 0.4) is 0 Å². The molecule has 2 aromatic heterocycles. The van der Waals surface area contributed by atoms with Crippen LogP contribution < -0.4 is 20.7 Å². The minimum Gasteiger partial charge on any atom is -0.479 e. The topological polar surface area (TPSA) is 141 Å². The van der Waals surface area contributed by atoms with Crippen LogP contribution in [0, 0.1) is 12.7 Å². The largest absolute Gasteiger partial charge is 0.479 e. The van der Waals surface area contributed by atoms with Gasteiger partial charge in [-0.05, 0) is 52.3 Å². The molecule has 0 spiro atoms. The fraction of sp³-hybridized carbons (Fsp3) is 0.400. The molecule has 1 atom stereocenters. The maximum Gasteiger partial charge on any atom is 0.407 e. The van der Waals surface area contributed by atoms with Crippen LogP contribution in [0.15, 0.2) is 24.5 Å². The Labute approximate surface area is 223 Å². The molecule has 0 radical (unpaired) electrons. The van der Waals surface area contributed by atoms with Crippen LogP contribution in [0.4, 0.5) is 20.7 Å². The van der Waals surface area contributed by atoms with E-state index in [-0.39, 0.29) is 18.8 Å². The first-order valence-electron chi connectivity index (χ1n) is 11.7. The fourth-order valence-electron chi connectivity index (χ4n) is 3.33. The predicted molar refractivity (Wildman–Crippen MR) is 141 cm³/mol. The van der Waals surface area contributed by atoms with Crippen molar-refractivity contribution >= 4 is 51.0 Å². The van der Waals surface area contributed by atoms with Crippen LogP contribution >= 0.6 is 11.3 Å². The zero-order chi connectivity index (χ0) is 28.0. The molecule has 0 aliphatic carbocycles. The lowest BCUT2D eigenvalue weighted by molar-refractivity contribution is -0.127. The first-order chi connectivity index (χ1) is 17.9. The average Bonchev–Trinajstić information content (AvgIpc) is 3.19. The van der Waals surface area contributed by atoms with Crippen LogP contribution in [0.5, 0.6) is 5.75 Å². The number of aryl methyl sites for hydroxylation is 1. The highest BCUT2D eigenvalue weighted by atomic mass is 32.1. The number of hydrogen-bond donors (Lipinski definition) is 3. The lowest BCUT2D eigenvalue weighted by Crippen LogP contribution is -2.41. The summed E-state index contributed by atoms with van der Waals surface area (Å²) in [4.78, 5) is 45.8. The number of rotatable bonds is 9. The molecule has 0 aliphatic heterocycles. The summed E-state index contributed by atoms with van der Waals surface area (Å²) in [5.74, 6) is -1.06. The molecule has 1 aromatic carbocycles. The third-order valence-corrected chi connectivity index (χ3v) is 6.24. The van der Waals surface area contributed by atoms with Gasteiger partial charge < -0.3 is 30.2 Å². The minimum atomic E-state index is -0.988. The first-order valence-corrected chi connectivity index (χ1v) is 12.5. The van der Waals surface area contributed by atoms with Gasteiger partial charge >= 0.3 is 12.1 Å². The van der Waals surface area contributed by atoms with E-state index in [1.54, 1.807) is 27.7 Å². The van der Waals surface area contributed by atoms with Crippen molar-refractivity contribution < 1.29 is 33.0 Å². The number of esters is 1. The van der Waals surface area contributed by atoms with E-state index in [9.17, 15) is 18.8 Å². The van der Waals surface area contributed by atoms with E-state index in [4.69, 9.17) is 14.2 Å². The number of benzene rings is 1. The van der Waals surface area contributed by atoms with Crippen molar-refractivity contribution in [3.05, 3.63) is 40.8 Å². The summed E-state index contributed by atoms with van der Waals surface area (Å²) in [6.45, 7) is 8.80. The van der Waals surface area contributed by atoms with E-state index in [0.717, 1.165) is 6.07 Å². The molecule has 3 rings (SSSR count). The minimum absolute atomic E-state index is 0.0763. The smallest absolute Gasteiger partial charge is 0.407 e. The summed E-state index contributed by atoms with van der Waals surface area (Å²) in [5.41, 5.74) is 0.357. The molecular formula is C25H30FN5O6S. The molecule has 2 amide bonds. The summed E-state index contributed by atoms with van der Waals surface area (Å²) in [6.07, 6.45) is -0.240. The van der Waals surface area contributed by atoms with Crippen molar-refractivity contribution in [1.82, 2.24) is 20.6 Å². The third kappa shape index (κ3) is 7.28. The molecule has 3 N–H and O–H groups in total. The van der Waals surface area contributed by atoms with Crippen molar-refractivity contribution in [2.75, 3.05) is 25.5 Å². The van der Waals surface area contributed by atoms with Crippen LogP contribution in [-0.2, 0) is 14.3 Å². The second-order valence-corrected chi connectivity index (χ2v) is 10.2. The van der Waals surface area contributed by atoms with Gasteiger partial charge in [-0.3, -0.25) is 4.79 Å². The van der Waals surface area contributed by atoms with Crippen molar-refractivity contribution in [2.45, 2.75) is 46.3 Å². The third-order valence-electron chi connectivity index (χ3n) is 5.06. The van der Waals surface area contributed by atoms with E-state index < -0.39 is 35.5 Å². The lowest BCUT2D eigenvalue weighted by Gasteiger charge is -2.20. The highest BCUT2D eigenvalue weighted by Crippen LogP contribution is 2.36. The monoisotopic (exact) mass is 547 g/mol. The number of alkyl carbamates (subject to hydrolysis) is 1. The van der Waals surface area contributed by atoms with Crippen molar-refractivity contribution in [1.29, 1.82) is 0 Å². The van der Waals surface area contributed by atoms with Gasteiger partial charge in [0.1, 0.15) is 39.0 Å². The Morgan fingerprint density at radius 3 is 2.53 bits per heavy atom. The van der Waals surface area contributed by atoms with Gasteiger partial charge in [0.25, 0.3) is 5.91 Å². The molecular weight excluding hydrogens is 517 g/mol. The van der Waals surface area contributed by atoms with Crippen LogP contribution in [0.1, 0.15) is 42.9 Å². The molecule has 3 aromatic rings. The number of halogens is 1. The highest BCUT2D eigenvalue weighted by molar-refractivity contribution is 7.20. The number of thiophene rings is 1. The molecule has 0 bridgehead atoms. The molecule has 11 nitrogen and oxygen atoms in total. The molecule has 0 fully saturated rings. The normalized spacial score (nSPS) is 12.0. The molecule has 204 valence electrons. The standard InChI is InChI=1S/C25H30FN5O6S/c1-13-18-20(29-12-30-22(18)38-19(13)23(33)35-6)31-16-8-7-15(26)11-17(16)36-14(2)21(32)27-9-10-28-24(34)37-25(3,4)5/h7-8,11-12,14H,9-10H2,1-6H3,(H,27,32)(H,28,34)(H,29,30,31). The molecule has 0 saturated heterocycles. The number of amides is 2. The number of carbonyl (C=O) groups is 3. The quantitative estimate of drug-likeness (QED) is 0.267. The van der Waals surface area contributed by atoms with Crippen LogP contribution in [0.25, 0.3) is 10.2 Å². The molecule has 38 heavy (non-hydrogen) atoms.